The molecule has 1 fully saturated rings. The van der Waals surface area contributed by atoms with Crippen molar-refractivity contribution in [2.24, 2.45) is 0 Å². The molecule has 1 aromatic carbocycles. The highest BCUT2D eigenvalue weighted by Crippen LogP contribution is 2.11. The molecular formula is C17H26N2O2. The van der Waals surface area contributed by atoms with Crippen LogP contribution in [-0.4, -0.2) is 44.1 Å². The fourth-order valence-corrected chi connectivity index (χ4v) is 2.71. The zero-order valence-electron chi connectivity index (χ0n) is 12.9. The summed E-state index contributed by atoms with van der Waals surface area (Å²) in [6.07, 6.45) is 6.38. The zero-order valence-corrected chi connectivity index (χ0v) is 12.9. The lowest BCUT2D eigenvalue weighted by Gasteiger charge is -2.19. The molecule has 2 rings (SSSR count). The average molecular weight is 290 g/mol. The number of nitrogens with one attached hydrogen (secondary N) is 1. The number of methoxy groups -OCH3 is 1. The first-order valence-corrected chi connectivity index (χ1v) is 7.94. The maximum Gasteiger partial charge on any atom is 0.251 e. The van der Waals surface area contributed by atoms with Gasteiger partial charge in [0, 0.05) is 12.1 Å². The van der Waals surface area contributed by atoms with E-state index in [1.807, 2.05) is 12.1 Å². The molecule has 1 aliphatic rings. The Hall–Kier alpha value is -1.55. The molecule has 1 saturated heterocycles. The Kier molecular flexibility index (Phi) is 6.54. The number of carbonyl (C=O) groups excluding carboxylic acids is 1. The maximum absolute atomic E-state index is 12.0. The second kappa shape index (κ2) is 8.67. The highest BCUT2D eigenvalue weighted by Gasteiger charge is 2.09. The van der Waals surface area contributed by atoms with Crippen LogP contribution in [0.2, 0.25) is 0 Å². The standard InChI is InChI=1S/C17H26N2O2/c1-21-16-9-7-15(8-10-16)17(20)18-11-6-14-19-12-4-2-3-5-13-19/h7-10H,2-6,11-14H2,1H3,(H,18,20). The van der Waals surface area contributed by atoms with Crippen LogP contribution < -0.4 is 10.1 Å². The van der Waals surface area contributed by atoms with Crippen LogP contribution in [0.3, 0.4) is 0 Å². The number of benzene rings is 1. The van der Waals surface area contributed by atoms with Gasteiger partial charge >= 0.3 is 0 Å². The Labute approximate surface area is 127 Å². The van der Waals surface area contributed by atoms with Gasteiger partial charge in [0.2, 0.25) is 0 Å². The van der Waals surface area contributed by atoms with Crippen LogP contribution in [0.1, 0.15) is 42.5 Å². The highest BCUT2D eigenvalue weighted by molar-refractivity contribution is 5.94. The van der Waals surface area contributed by atoms with E-state index in [2.05, 4.69) is 10.2 Å². The van der Waals surface area contributed by atoms with Gasteiger partial charge in [0.15, 0.2) is 0 Å². The van der Waals surface area contributed by atoms with E-state index in [0.717, 1.165) is 25.3 Å². The first-order valence-electron chi connectivity index (χ1n) is 7.94. The number of nitrogens with zero attached hydrogens (tertiary/aromatic N) is 1. The van der Waals surface area contributed by atoms with Gasteiger partial charge in [0.25, 0.3) is 5.91 Å². The maximum atomic E-state index is 12.0. The van der Waals surface area contributed by atoms with E-state index in [1.165, 1.54) is 38.8 Å². The van der Waals surface area contributed by atoms with Crippen molar-refractivity contribution in [3.05, 3.63) is 29.8 Å². The molecule has 0 radical (unpaired) electrons. The fraction of sp³-hybridized carbons (Fsp3) is 0.588. The van der Waals surface area contributed by atoms with Crippen LogP contribution in [-0.2, 0) is 0 Å². The van der Waals surface area contributed by atoms with Crippen LogP contribution in [0.4, 0.5) is 0 Å². The third-order valence-electron chi connectivity index (χ3n) is 3.99. The topological polar surface area (TPSA) is 41.6 Å². The van der Waals surface area contributed by atoms with E-state index in [-0.39, 0.29) is 5.91 Å². The number of hydrogen-bond acceptors (Lipinski definition) is 3. The number of ether oxygens (including phenoxy) is 1. The molecule has 1 N–H and O–H groups in total. The third-order valence-corrected chi connectivity index (χ3v) is 3.99. The second-order valence-electron chi connectivity index (χ2n) is 5.59. The van der Waals surface area contributed by atoms with E-state index < -0.39 is 0 Å². The smallest absolute Gasteiger partial charge is 0.251 e. The summed E-state index contributed by atoms with van der Waals surface area (Å²) < 4.78 is 5.09. The third kappa shape index (κ3) is 5.38. The highest BCUT2D eigenvalue weighted by atomic mass is 16.5. The minimum Gasteiger partial charge on any atom is -0.497 e. The minimum absolute atomic E-state index is 0.00600. The zero-order chi connectivity index (χ0) is 14.9. The predicted octanol–water partition coefficient (Wildman–Crippen LogP) is 2.69. The van der Waals surface area contributed by atoms with Gasteiger partial charge in [-0.2, -0.15) is 0 Å². The summed E-state index contributed by atoms with van der Waals surface area (Å²) in [6, 6.07) is 7.21. The van der Waals surface area contributed by atoms with E-state index in [4.69, 9.17) is 4.74 Å². The molecule has 0 bridgehead atoms. The summed E-state index contributed by atoms with van der Waals surface area (Å²) in [4.78, 5) is 14.5. The van der Waals surface area contributed by atoms with Gasteiger partial charge < -0.3 is 15.0 Å². The molecule has 0 aromatic heterocycles. The molecule has 4 nitrogen and oxygen atoms in total. The molecule has 0 aliphatic carbocycles. The van der Waals surface area contributed by atoms with Crippen LogP contribution in [0.5, 0.6) is 5.75 Å². The Morgan fingerprint density at radius 3 is 2.43 bits per heavy atom. The van der Waals surface area contributed by atoms with E-state index in [9.17, 15) is 4.79 Å². The Morgan fingerprint density at radius 1 is 1.14 bits per heavy atom. The molecule has 116 valence electrons. The monoisotopic (exact) mass is 290 g/mol. The van der Waals surface area contributed by atoms with E-state index in [0.29, 0.717) is 5.56 Å². The minimum atomic E-state index is -0.00600. The van der Waals surface area contributed by atoms with Gasteiger partial charge in [0.1, 0.15) is 5.75 Å². The Bertz CT molecular complexity index is 423. The fourth-order valence-electron chi connectivity index (χ4n) is 2.71. The van der Waals surface area contributed by atoms with Crippen molar-refractivity contribution in [1.82, 2.24) is 10.2 Å². The van der Waals surface area contributed by atoms with Crippen molar-refractivity contribution >= 4 is 5.91 Å². The van der Waals surface area contributed by atoms with Gasteiger partial charge in [0.05, 0.1) is 7.11 Å². The van der Waals surface area contributed by atoms with Crippen molar-refractivity contribution in [3.8, 4) is 5.75 Å². The van der Waals surface area contributed by atoms with Gasteiger partial charge in [-0.25, -0.2) is 0 Å². The lowest BCUT2D eigenvalue weighted by Crippen LogP contribution is -2.30. The average Bonchev–Trinajstić information content (AvgIpc) is 2.80. The second-order valence-corrected chi connectivity index (χ2v) is 5.59. The molecule has 0 saturated carbocycles. The predicted molar refractivity (Wildman–Crippen MR) is 84.9 cm³/mol. The van der Waals surface area contributed by atoms with E-state index >= 15 is 0 Å². The molecule has 0 spiro atoms. The molecule has 21 heavy (non-hydrogen) atoms. The van der Waals surface area contributed by atoms with Gasteiger partial charge in [-0.15, -0.1) is 0 Å². The summed E-state index contributed by atoms with van der Waals surface area (Å²) in [7, 11) is 1.62. The Morgan fingerprint density at radius 2 is 1.81 bits per heavy atom. The van der Waals surface area contributed by atoms with Crippen LogP contribution in [0.15, 0.2) is 24.3 Å². The number of amides is 1. The molecule has 1 heterocycles. The quantitative estimate of drug-likeness (QED) is 0.819. The molecule has 1 amide bonds. The van der Waals surface area contributed by atoms with Crippen LogP contribution in [0, 0.1) is 0 Å². The molecule has 1 aliphatic heterocycles. The number of likely N-dealkylation sites (tertiary alicyclic amines) is 1. The van der Waals surface area contributed by atoms with Crippen molar-refractivity contribution in [3.63, 3.8) is 0 Å². The first-order chi connectivity index (χ1) is 10.3. The van der Waals surface area contributed by atoms with Crippen molar-refractivity contribution in [1.29, 1.82) is 0 Å². The molecule has 1 aromatic rings. The molecular weight excluding hydrogens is 264 g/mol. The number of hydrogen-bond donors (Lipinski definition) is 1. The van der Waals surface area contributed by atoms with Crippen molar-refractivity contribution in [2.45, 2.75) is 32.1 Å². The van der Waals surface area contributed by atoms with Gasteiger partial charge in [-0.3, -0.25) is 4.79 Å². The first kappa shape index (κ1) is 15.8. The molecule has 0 unspecified atom stereocenters. The van der Waals surface area contributed by atoms with Crippen LogP contribution >= 0.6 is 0 Å². The summed E-state index contributed by atoms with van der Waals surface area (Å²) in [6.45, 7) is 4.25. The molecule has 0 atom stereocenters. The molecule has 4 heteroatoms. The summed E-state index contributed by atoms with van der Waals surface area (Å²) >= 11 is 0. The lowest BCUT2D eigenvalue weighted by atomic mass is 10.2. The largest absolute Gasteiger partial charge is 0.497 e. The van der Waals surface area contributed by atoms with Crippen molar-refractivity contribution in [2.75, 3.05) is 33.3 Å². The van der Waals surface area contributed by atoms with E-state index in [1.54, 1.807) is 19.2 Å². The lowest BCUT2D eigenvalue weighted by molar-refractivity contribution is 0.0951. The normalized spacial score (nSPS) is 16.2. The van der Waals surface area contributed by atoms with Crippen LogP contribution in [0.25, 0.3) is 0 Å². The summed E-state index contributed by atoms with van der Waals surface area (Å²) in [5, 5.41) is 2.99. The summed E-state index contributed by atoms with van der Waals surface area (Å²) in [5.74, 6) is 0.765. The van der Waals surface area contributed by atoms with Crippen molar-refractivity contribution < 1.29 is 9.53 Å². The summed E-state index contributed by atoms with van der Waals surface area (Å²) in [5.41, 5.74) is 0.686. The number of carbonyl (C=O) groups is 1. The number of rotatable bonds is 6. The van der Waals surface area contributed by atoms with Gasteiger partial charge in [-0.1, -0.05) is 12.8 Å². The SMILES string of the molecule is COc1ccc(C(=O)NCCCN2CCCCCC2)cc1. The van der Waals surface area contributed by atoms with Gasteiger partial charge in [-0.05, 0) is 63.2 Å². The Balaban J connectivity index is 1.66.